The van der Waals surface area contributed by atoms with E-state index < -0.39 is 0 Å². The lowest BCUT2D eigenvalue weighted by molar-refractivity contribution is -0.930. The number of benzene rings is 1. The monoisotopic (exact) mass is 317 g/mol. The summed E-state index contributed by atoms with van der Waals surface area (Å²) in [5.41, 5.74) is 0.685. The van der Waals surface area contributed by atoms with Crippen molar-refractivity contribution >= 4 is 5.91 Å². The van der Waals surface area contributed by atoms with E-state index in [0.717, 1.165) is 38.1 Å². The van der Waals surface area contributed by atoms with Gasteiger partial charge in [0, 0.05) is 6.42 Å². The maximum atomic E-state index is 12.8. The molecule has 1 heterocycles. The average Bonchev–Trinajstić information content (AvgIpc) is 2.61. The fourth-order valence-electron chi connectivity index (χ4n) is 4.20. The van der Waals surface area contributed by atoms with Crippen molar-refractivity contribution in [1.82, 2.24) is 4.90 Å². The fourth-order valence-corrected chi connectivity index (χ4v) is 4.20. The molecule has 1 aromatic rings. The number of nitrogens with zero attached hydrogens (tertiary/aromatic N) is 1. The zero-order valence-electron chi connectivity index (χ0n) is 14.4. The predicted molar refractivity (Wildman–Crippen MR) is 91.0 cm³/mol. The first-order valence-electron chi connectivity index (χ1n) is 8.96. The van der Waals surface area contributed by atoms with Crippen LogP contribution in [0.5, 0.6) is 5.75 Å². The second-order valence-corrected chi connectivity index (χ2v) is 7.12. The Morgan fingerprint density at radius 1 is 1.22 bits per heavy atom. The molecule has 2 atom stereocenters. The summed E-state index contributed by atoms with van der Waals surface area (Å²) in [5, 5.41) is 0. The van der Waals surface area contributed by atoms with E-state index in [1.165, 1.54) is 25.7 Å². The van der Waals surface area contributed by atoms with Crippen molar-refractivity contribution in [2.45, 2.75) is 38.6 Å². The maximum absolute atomic E-state index is 12.8. The number of hydrogen-bond donors (Lipinski definition) is 1. The number of methoxy groups -OCH3 is 1. The number of ether oxygens (including phenoxy) is 1. The smallest absolute Gasteiger partial charge is 0.258 e. The highest BCUT2D eigenvalue weighted by Gasteiger charge is 2.32. The molecular formula is C19H29N2O2+. The molecule has 4 heteroatoms. The van der Waals surface area contributed by atoms with Crippen LogP contribution in [0.3, 0.4) is 0 Å². The van der Waals surface area contributed by atoms with Gasteiger partial charge in [0.25, 0.3) is 5.91 Å². The first-order chi connectivity index (χ1) is 11.2. The quantitative estimate of drug-likeness (QED) is 0.919. The average molecular weight is 317 g/mol. The third-order valence-corrected chi connectivity index (χ3v) is 5.54. The Morgan fingerprint density at radius 2 is 1.96 bits per heavy atom. The summed E-state index contributed by atoms with van der Waals surface area (Å²) in [7, 11) is 1.62. The van der Waals surface area contributed by atoms with Crippen molar-refractivity contribution < 1.29 is 14.4 Å². The lowest BCUT2D eigenvalue weighted by Crippen LogP contribution is -3.18. The van der Waals surface area contributed by atoms with Gasteiger partial charge in [-0.2, -0.15) is 0 Å². The lowest BCUT2D eigenvalue weighted by Gasteiger charge is -2.39. The Kier molecular flexibility index (Phi) is 5.21. The summed E-state index contributed by atoms with van der Waals surface area (Å²) in [6.07, 6.45) is 5.48. The number of nitrogens with one attached hydrogen (secondary N) is 1. The van der Waals surface area contributed by atoms with Gasteiger partial charge < -0.3 is 14.5 Å². The van der Waals surface area contributed by atoms with Gasteiger partial charge in [-0.25, -0.2) is 0 Å². The number of hydrogen-bond acceptors (Lipinski definition) is 2. The van der Waals surface area contributed by atoms with Crippen LogP contribution < -0.4 is 9.64 Å². The van der Waals surface area contributed by atoms with Crippen LogP contribution in [-0.2, 0) is 0 Å². The van der Waals surface area contributed by atoms with Crippen molar-refractivity contribution in [3.63, 3.8) is 0 Å². The molecule has 1 N–H and O–H groups in total. The molecule has 0 spiro atoms. The number of piperazine rings is 1. The molecule has 1 aliphatic carbocycles. The molecule has 1 aliphatic heterocycles. The number of amides is 1. The third-order valence-electron chi connectivity index (χ3n) is 5.54. The van der Waals surface area contributed by atoms with Gasteiger partial charge >= 0.3 is 0 Å². The number of quaternary nitrogens is 1. The van der Waals surface area contributed by atoms with Crippen molar-refractivity contribution in [2.24, 2.45) is 5.92 Å². The first-order valence-corrected chi connectivity index (χ1v) is 8.96. The van der Waals surface area contributed by atoms with Crippen LogP contribution >= 0.6 is 0 Å². The van der Waals surface area contributed by atoms with Crippen molar-refractivity contribution in [1.29, 1.82) is 0 Å². The molecule has 23 heavy (non-hydrogen) atoms. The second kappa shape index (κ2) is 7.35. The van der Waals surface area contributed by atoms with Crippen molar-refractivity contribution in [3.8, 4) is 5.75 Å². The molecule has 0 radical (unpaired) electrons. The molecule has 1 amide bonds. The van der Waals surface area contributed by atoms with E-state index in [9.17, 15) is 4.79 Å². The molecular weight excluding hydrogens is 288 g/mol. The highest BCUT2D eigenvalue weighted by atomic mass is 16.5. The summed E-state index contributed by atoms with van der Waals surface area (Å²) in [6.45, 7) is 6.26. The first kappa shape index (κ1) is 16.3. The van der Waals surface area contributed by atoms with E-state index in [-0.39, 0.29) is 5.91 Å². The molecule has 0 unspecified atom stereocenters. The maximum Gasteiger partial charge on any atom is 0.258 e. The standard InChI is InChI=1S/C19H28N2O2/c1-15-6-5-7-16(14-15)20-10-12-21(13-11-20)19(22)17-8-3-4-9-18(17)23-2/h3-4,8-9,15-16H,5-7,10-14H2,1-2H3/p+1/t15-,16+/m0/s1. The summed E-state index contributed by atoms with van der Waals surface area (Å²) in [4.78, 5) is 16.5. The molecule has 2 fully saturated rings. The van der Waals surface area contributed by atoms with Gasteiger partial charge in [0.15, 0.2) is 0 Å². The van der Waals surface area contributed by atoms with Gasteiger partial charge in [0.05, 0.1) is 44.9 Å². The van der Waals surface area contributed by atoms with Gasteiger partial charge in [-0.3, -0.25) is 4.79 Å². The number of carbonyl (C=O) groups excluding carboxylic acids is 1. The van der Waals surface area contributed by atoms with E-state index in [0.29, 0.717) is 11.3 Å². The molecule has 1 aromatic carbocycles. The highest BCUT2D eigenvalue weighted by molar-refractivity contribution is 5.97. The van der Waals surface area contributed by atoms with Crippen LogP contribution in [0.4, 0.5) is 0 Å². The molecule has 0 aromatic heterocycles. The SMILES string of the molecule is COc1ccccc1C(=O)N1CC[NH+]([C@@H]2CCC[C@H](C)C2)CC1. The normalized spacial score (nSPS) is 26.1. The molecule has 1 saturated heterocycles. The van der Waals surface area contributed by atoms with Gasteiger partial charge in [-0.15, -0.1) is 0 Å². The van der Waals surface area contributed by atoms with E-state index >= 15 is 0 Å². The predicted octanol–water partition coefficient (Wildman–Crippen LogP) is 1.61. The topological polar surface area (TPSA) is 34.0 Å². The zero-order chi connectivity index (χ0) is 16.2. The number of rotatable bonds is 3. The summed E-state index contributed by atoms with van der Waals surface area (Å²) in [5.74, 6) is 1.65. The minimum absolute atomic E-state index is 0.110. The second-order valence-electron chi connectivity index (χ2n) is 7.12. The molecule has 4 nitrogen and oxygen atoms in total. The molecule has 3 rings (SSSR count). The molecule has 126 valence electrons. The Balaban J connectivity index is 1.59. The largest absolute Gasteiger partial charge is 0.496 e. The van der Waals surface area contributed by atoms with Crippen LogP contribution in [0.2, 0.25) is 0 Å². The number of para-hydroxylation sites is 1. The third kappa shape index (κ3) is 3.69. The van der Waals surface area contributed by atoms with Crippen LogP contribution in [0.1, 0.15) is 43.0 Å². The van der Waals surface area contributed by atoms with Crippen LogP contribution in [0.15, 0.2) is 24.3 Å². The summed E-state index contributed by atoms with van der Waals surface area (Å²) in [6, 6.07) is 8.34. The minimum atomic E-state index is 0.110. The van der Waals surface area contributed by atoms with Gasteiger partial charge in [-0.05, 0) is 30.9 Å². The van der Waals surface area contributed by atoms with E-state index in [1.807, 2.05) is 29.2 Å². The Hall–Kier alpha value is -1.55. The minimum Gasteiger partial charge on any atom is -0.496 e. The molecule has 1 saturated carbocycles. The highest BCUT2D eigenvalue weighted by Crippen LogP contribution is 2.22. The zero-order valence-corrected chi connectivity index (χ0v) is 14.4. The van der Waals surface area contributed by atoms with Gasteiger partial charge in [-0.1, -0.05) is 25.5 Å². The summed E-state index contributed by atoms with van der Waals surface area (Å²) < 4.78 is 5.33. The van der Waals surface area contributed by atoms with Crippen molar-refractivity contribution in [2.75, 3.05) is 33.3 Å². The lowest BCUT2D eigenvalue weighted by atomic mass is 9.86. The Labute approximate surface area is 139 Å². The van der Waals surface area contributed by atoms with Gasteiger partial charge in [0.1, 0.15) is 5.75 Å². The van der Waals surface area contributed by atoms with Gasteiger partial charge in [0.2, 0.25) is 0 Å². The molecule has 0 bridgehead atoms. The summed E-state index contributed by atoms with van der Waals surface area (Å²) >= 11 is 0. The van der Waals surface area contributed by atoms with E-state index in [1.54, 1.807) is 12.0 Å². The Morgan fingerprint density at radius 3 is 2.65 bits per heavy atom. The fraction of sp³-hybridized carbons (Fsp3) is 0.632. The molecule has 2 aliphatic rings. The van der Waals surface area contributed by atoms with Crippen LogP contribution in [-0.4, -0.2) is 50.1 Å². The Bertz CT molecular complexity index is 538. The van der Waals surface area contributed by atoms with Crippen molar-refractivity contribution in [3.05, 3.63) is 29.8 Å². The van der Waals surface area contributed by atoms with E-state index in [2.05, 4.69) is 6.92 Å². The number of carbonyl (C=O) groups is 1. The van der Waals surface area contributed by atoms with Crippen LogP contribution in [0.25, 0.3) is 0 Å². The van der Waals surface area contributed by atoms with Crippen LogP contribution in [0, 0.1) is 5.92 Å². The van der Waals surface area contributed by atoms with E-state index in [4.69, 9.17) is 4.74 Å².